The molecular weight excluding hydrogens is 657 g/mol. The summed E-state index contributed by atoms with van der Waals surface area (Å²) in [4.78, 5) is 13.5. The van der Waals surface area contributed by atoms with Crippen LogP contribution >= 0.6 is 0 Å². The van der Waals surface area contributed by atoms with Crippen LogP contribution in [0.1, 0.15) is 305 Å². The average Bonchev–Trinajstić information content (AvgIpc) is 3.14. The Morgan fingerprint density at radius 3 is 0.852 bits per heavy atom. The van der Waals surface area contributed by atoms with Crippen LogP contribution in [0.3, 0.4) is 0 Å². The van der Waals surface area contributed by atoms with Crippen molar-refractivity contribution in [2.45, 2.75) is 305 Å². The lowest BCUT2D eigenvalue weighted by Crippen LogP contribution is -2.31. The van der Waals surface area contributed by atoms with E-state index < -0.39 is 0 Å². The monoisotopic (exact) mass is 761 g/mol. The van der Waals surface area contributed by atoms with Crippen molar-refractivity contribution >= 4 is 5.97 Å². The minimum Gasteiger partial charge on any atom is -0.465 e. The zero-order valence-electron chi connectivity index (χ0n) is 38.9. The zero-order chi connectivity index (χ0) is 39.9. The van der Waals surface area contributed by atoms with E-state index in [0.717, 1.165) is 25.7 Å². The predicted octanol–water partition coefficient (Wildman–Crippen LogP) is 18.9. The Balaban J connectivity index is 4.17. The molecule has 0 saturated carbocycles. The van der Waals surface area contributed by atoms with Crippen molar-refractivity contribution in [2.75, 3.05) is 6.61 Å². The summed E-state index contributed by atoms with van der Waals surface area (Å²) in [5.41, 5.74) is 0.316. The first-order valence-corrected chi connectivity index (χ1v) is 25.3. The van der Waals surface area contributed by atoms with E-state index in [1.54, 1.807) is 0 Å². The van der Waals surface area contributed by atoms with Gasteiger partial charge in [0.15, 0.2) is 0 Å². The Morgan fingerprint density at radius 1 is 0.389 bits per heavy atom. The van der Waals surface area contributed by atoms with Crippen LogP contribution in [-0.2, 0) is 9.53 Å². The van der Waals surface area contributed by atoms with Gasteiger partial charge in [0.2, 0.25) is 0 Å². The van der Waals surface area contributed by atoms with Crippen LogP contribution in [-0.4, -0.2) is 12.6 Å². The van der Waals surface area contributed by atoms with Crippen LogP contribution < -0.4 is 0 Å². The van der Waals surface area contributed by atoms with Crippen LogP contribution in [0.5, 0.6) is 0 Å². The molecule has 0 saturated heterocycles. The van der Waals surface area contributed by atoms with Crippen LogP contribution in [0.25, 0.3) is 0 Å². The van der Waals surface area contributed by atoms with Crippen molar-refractivity contribution in [3.8, 4) is 0 Å². The van der Waals surface area contributed by atoms with Crippen molar-refractivity contribution in [3.05, 3.63) is 0 Å². The molecule has 324 valence electrons. The molecule has 0 spiro atoms. The third-order valence-corrected chi connectivity index (χ3v) is 12.5. The summed E-state index contributed by atoms with van der Waals surface area (Å²) in [6.07, 6.45) is 54.7. The summed E-state index contributed by atoms with van der Waals surface area (Å²) in [5.74, 6) is 0.199. The van der Waals surface area contributed by atoms with Gasteiger partial charge < -0.3 is 4.74 Å². The minimum absolute atomic E-state index is 0.0690. The molecule has 0 rings (SSSR count). The second-order valence-corrected chi connectivity index (χ2v) is 19.8. The van der Waals surface area contributed by atoms with E-state index >= 15 is 0 Å². The van der Waals surface area contributed by atoms with Crippen LogP contribution in [0.15, 0.2) is 0 Å². The summed E-state index contributed by atoms with van der Waals surface area (Å²) >= 11 is 0. The summed E-state index contributed by atoms with van der Waals surface area (Å²) in [7, 11) is 0. The highest BCUT2D eigenvalue weighted by Crippen LogP contribution is 2.37. The maximum atomic E-state index is 13.5. The van der Waals surface area contributed by atoms with E-state index in [1.165, 1.54) is 231 Å². The van der Waals surface area contributed by atoms with E-state index in [2.05, 4.69) is 48.5 Å². The molecule has 1 unspecified atom stereocenters. The topological polar surface area (TPSA) is 26.3 Å². The Hall–Kier alpha value is -0.530. The summed E-state index contributed by atoms with van der Waals surface area (Å²) in [6, 6.07) is 0. The summed E-state index contributed by atoms with van der Waals surface area (Å²) in [5, 5.41) is 0. The first-order valence-electron chi connectivity index (χ1n) is 25.3. The molecule has 0 bridgehead atoms. The van der Waals surface area contributed by atoms with Crippen molar-refractivity contribution in [1.29, 1.82) is 0 Å². The van der Waals surface area contributed by atoms with Gasteiger partial charge in [-0.3, -0.25) is 4.79 Å². The summed E-state index contributed by atoms with van der Waals surface area (Å²) in [6.45, 7) is 16.7. The highest BCUT2D eigenvalue weighted by Gasteiger charge is 2.31. The van der Waals surface area contributed by atoms with Gasteiger partial charge in [-0.25, -0.2) is 0 Å². The molecule has 0 fully saturated rings. The van der Waals surface area contributed by atoms with Gasteiger partial charge in [0.1, 0.15) is 0 Å². The van der Waals surface area contributed by atoms with Crippen LogP contribution in [0.4, 0.5) is 0 Å². The van der Waals surface area contributed by atoms with Crippen molar-refractivity contribution in [1.82, 2.24) is 0 Å². The Morgan fingerprint density at radius 2 is 0.630 bits per heavy atom. The first-order chi connectivity index (χ1) is 26.2. The number of unbranched alkanes of at least 4 members (excludes halogenated alkanes) is 34. The molecule has 0 aliphatic heterocycles. The van der Waals surface area contributed by atoms with E-state index in [4.69, 9.17) is 4.74 Å². The third-order valence-electron chi connectivity index (χ3n) is 12.5. The molecule has 0 radical (unpaired) electrons. The molecule has 0 aromatic rings. The summed E-state index contributed by atoms with van der Waals surface area (Å²) < 4.78 is 6.14. The number of carbonyl (C=O) groups excluding carboxylic acids is 1. The highest BCUT2D eigenvalue weighted by atomic mass is 16.5. The fourth-order valence-corrected chi connectivity index (χ4v) is 8.89. The Kier molecular flexibility index (Phi) is 38.9. The third kappa shape index (κ3) is 38.3. The Bertz CT molecular complexity index is 712. The fraction of sp³-hybridized carbons (Fsp3) is 0.981. The number of carbonyl (C=O) groups is 1. The van der Waals surface area contributed by atoms with Gasteiger partial charge in [0.05, 0.1) is 12.5 Å². The lowest BCUT2D eigenvalue weighted by molar-refractivity contribution is -0.153. The van der Waals surface area contributed by atoms with Crippen LogP contribution in [0.2, 0.25) is 0 Å². The highest BCUT2D eigenvalue weighted by molar-refractivity contribution is 5.72. The van der Waals surface area contributed by atoms with Crippen molar-refractivity contribution in [2.24, 2.45) is 16.7 Å². The smallest absolute Gasteiger partial charge is 0.308 e. The maximum Gasteiger partial charge on any atom is 0.308 e. The second-order valence-electron chi connectivity index (χ2n) is 19.8. The van der Waals surface area contributed by atoms with E-state index in [0.29, 0.717) is 6.61 Å². The molecule has 54 heavy (non-hydrogen) atoms. The average molecular weight is 761 g/mol. The molecule has 0 aliphatic rings. The molecule has 1 atom stereocenters. The van der Waals surface area contributed by atoms with E-state index in [1.807, 2.05) is 0 Å². The normalized spacial score (nSPS) is 13.2. The van der Waals surface area contributed by atoms with Gasteiger partial charge in [-0.1, -0.05) is 280 Å². The van der Waals surface area contributed by atoms with Gasteiger partial charge in [0, 0.05) is 5.41 Å². The minimum atomic E-state index is 0.0690. The number of esters is 1. The fourth-order valence-electron chi connectivity index (χ4n) is 8.89. The van der Waals surface area contributed by atoms with Crippen molar-refractivity contribution < 1.29 is 9.53 Å². The first kappa shape index (κ1) is 53.5. The molecule has 0 aliphatic carbocycles. The van der Waals surface area contributed by atoms with Gasteiger partial charge in [-0.2, -0.15) is 0 Å². The van der Waals surface area contributed by atoms with Gasteiger partial charge in [-0.15, -0.1) is 0 Å². The van der Waals surface area contributed by atoms with Crippen molar-refractivity contribution in [3.63, 3.8) is 0 Å². The van der Waals surface area contributed by atoms with E-state index in [9.17, 15) is 4.79 Å². The number of hydrogen-bond donors (Lipinski definition) is 0. The molecule has 0 amide bonds. The number of ether oxygens (including phenoxy) is 1. The van der Waals surface area contributed by atoms with E-state index in [-0.39, 0.29) is 22.7 Å². The number of rotatable bonds is 43. The molecule has 0 aromatic heterocycles. The largest absolute Gasteiger partial charge is 0.465 e. The molecule has 2 nitrogen and oxygen atoms in total. The zero-order valence-corrected chi connectivity index (χ0v) is 38.9. The van der Waals surface area contributed by atoms with Gasteiger partial charge in [0.25, 0.3) is 0 Å². The lowest BCUT2D eigenvalue weighted by Gasteiger charge is -2.34. The predicted molar refractivity (Wildman–Crippen MR) is 244 cm³/mol. The quantitative estimate of drug-likeness (QED) is 0.0457. The maximum absolute atomic E-state index is 13.5. The molecule has 0 aromatic carbocycles. The number of hydrogen-bond acceptors (Lipinski definition) is 2. The standard InChI is InChI=1S/C52H104O2/c1-8-11-13-15-17-19-21-23-25-27-29-31-33-35-37-39-41-43-45-49(50(53)54-48-52(7,10-3)47-51(4,5)6)46-44-42-40-38-36-34-32-30-28-26-24-22-20-18-16-14-12-9-2/h49H,8-48H2,1-7H3. The molecule has 0 heterocycles. The van der Waals surface area contributed by atoms with Crippen LogP contribution in [0, 0.1) is 16.7 Å². The molecular formula is C52H104O2. The lowest BCUT2D eigenvalue weighted by atomic mass is 9.74. The Labute approximate surface area is 343 Å². The molecule has 2 heteroatoms. The second kappa shape index (κ2) is 39.3. The van der Waals surface area contributed by atoms with Gasteiger partial charge in [-0.05, 0) is 31.1 Å². The molecule has 0 N–H and O–H groups in total. The van der Waals surface area contributed by atoms with Gasteiger partial charge >= 0.3 is 5.97 Å². The SMILES string of the molecule is CCCCCCCCCCCCCCCCCCCCC(CCCCCCCCCCCCCCCCCCCC)C(=O)OCC(C)(CC)CC(C)(C)C.